The van der Waals surface area contributed by atoms with Crippen LogP contribution in [-0.4, -0.2) is 27.1 Å². The molecule has 0 fully saturated rings. The third-order valence-electron chi connectivity index (χ3n) is 5.66. The number of anilines is 1. The minimum absolute atomic E-state index is 0.0699. The van der Waals surface area contributed by atoms with Crippen molar-refractivity contribution in [1.29, 1.82) is 0 Å². The number of nitrogens with one attached hydrogen (secondary N) is 1. The number of amides is 1. The molecule has 0 saturated carbocycles. The van der Waals surface area contributed by atoms with Crippen molar-refractivity contribution in [3.63, 3.8) is 0 Å². The van der Waals surface area contributed by atoms with E-state index in [4.69, 9.17) is 4.74 Å². The van der Waals surface area contributed by atoms with Crippen LogP contribution in [-0.2, 0) is 23.0 Å². The normalized spacial score (nSPS) is 11.1. The minimum Gasteiger partial charge on any atom is -0.455 e. The van der Waals surface area contributed by atoms with E-state index in [1.54, 1.807) is 72.8 Å². The molecular weight excluding hydrogens is 491 g/mol. The molecule has 4 aromatic carbocycles. The van der Waals surface area contributed by atoms with Crippen LogP contribution < -0.4 is 14.4 Å². The van der Waals surface area contributed by atoms with E-state index in [-0.39, 0.29) is 18.3 Å². The van der Waals surface area contributed by atoms with Crippen LogP contribution >= 0.6 is 0 Å². The Hall–Kier alpha value is -4.17. The van der Waals surface area contributed by atoms with Crippen LogP contribution in [0.25, 0.3) is 0 Å². The fourth-order valence-corrected chi connectivity index (χ4v) is 4.64. The maximum absolute atomic E-state index is 13.0. The van der Waals surface area contributed by atoms with Crippen molar-refractivity contribution in [2.45, 2.75) is 13.0 Å². The number of nitrogens with zero attached hydrogens (tertiary/aromatic N) is 1. The first-order chi connectivity index (χ1) is 17.8. The Morgan fingerprint density at radius 3 is 2.14 bits per heavy atom. The Morgan fingerprint density at radius 1 is 0.838 bits per heavy atom. The van der Waals surface area contributed by atoms with Gasteiger partial charge in [-0.3, -0.25) is 9.10 Å². The molecular formula is C29H27FN2O4S. The summed E-state index contributed by atoms with van der Waals surface area (Å²) in [6, 6.07) is 29.0. The van der Waals surface area contributed by atoms with Gasteiger partial charge in [0.15, 0.2) is 5.75 Å². The van der Waals surface area contributed by atoms with Gasteiger partial charge >= 0.3 is 0 Å². The van der Waals surface area contributed by atoms with Crippen LogP contribution in [0.15, 0.2) is 103 Å². The zero-order valence-electron chi connectivity index (χ0n) is 20.3. The Morgan fingerprint density at radius 2 is 1.46 bits per heavy atom. The summed E-state index contributed by atoms with van der Waals surface area (Å²) in [6.07, 6.45) is 1.73. The van der Waals surface area contributed by atoms with Crippen LogP contribution in [0.2, 0.25) is 0 Å². The summed E-state index contributed by atoms with van der Waals surface area (Å²) in [5.74, 6) is 0.472. The average molecular weight is 519 g/mol. The van der Waals surface area contributed by atoms with E-state index >= 15 is 0 Å². The standard InChI is InChI=1S/C29H27FN2O4S/c1-37(34,35)32(27-9-5-6-10-28(27)36-26-7-3-2-4-8-26)21-23-11-15-24(16-12-23)29(33)31-20-19-22-13-17-25(30)18-14-22/h2-18H,19-21H2,1H3,(H,31,33). The van der Waals surface area contributed by atoms with Gasteiger partial charge in [-0.05, 0) is 66.1 Å². The zero-order chi connectivity index (χ0) is 26.3. The summed E-state index contributed by atoms with van der Waals surface area (Å²) in [5.41, 5.74) is 2.51. The van der Waals surface area contributed by atoms with Gasteiger partial charge in [0.05, 0.1) is 18.5 Å². The average Bonchev–Trinajstić information content (AvgIpc) is 2.89. The van der Waals surface area contributed by atoms with E-state index in [1.807, 2.05) is 18.2 Å². The number of sulfonamides is 1. The summed E-state index contributed by atoms with van der Waals surface area (Å²) in [5, 5.41) is 2.85. The van der Waals surface area contributed by atoms with Gasteiger partial charge in [-0.15, -0.1) is 0 Å². The number of hydrogen-bond acceptors (Lipinski definition) is 4. The second-order valence-corrected chi connectivity index (χ2v) is 10.4. The number of carbonyl (C=O) groups excluding carboxylic acids is 1. The summed E-state index contributed by atoms with van der Waals surface area (Å²) in [7, 11) is -3.65. The van der Waals surface area contributed by atoms with E-state index in [9.17, 15) is 17.6 Å². The molecule has 0 aliphatic heterocycles. The molecule has 6 nitrogen and oxygen atoms in total. The van der Waals surface area contributed by atoms with Gasteiger partial charge < -0.3 is 10.1 Å². The van der Waals surface area contributed by atoms with Crippen molar-refractivity contribution in [2.24, 2.45) is 0 Å². The molecule has 1 amide bonds. The van der Waals surface area contributed by atoms with Crippen LogP contribution in [0.5, 0.6) is 11.5 Å². The molecule has 190 valence electrons. The monoisotopic (exact) mass is 518 g/mol. The van der Waals surface area contributed by atoms with E-state index in [0.717, 1.165) is 11.8 Å². The summed E-state index contributed by atoms with van der Waals surface area (Å²) < 4.78 is 45.8. The molecule has 0 aliphatic rings. The van der Waals surface area contributed by atoms with E-state index in [0.29, 0.717) is 41.3 Å². The third kappa shape index (κ3) is 7.17. The predicted molar refractivity (Wildman–Crippen MR) is 143 cm³/mol. The van der Waals surface area contributed by atoms with E-state index in [2.05, 4.69) is 5.32 Å². The fraction of sp³-hybridized carbons (Fsp3) is 0.138. The zero-order valence-corrected chi connectivity index (χ0v) is 21.1. The number of benzene rings is 4. The Labute approximate surface area is 216 Å². The van der Waals surface area contributed by atoms with Crippen molar-refractivity contribution < 1.29 is 22.3 Å². The van der Waals surface area contributed by atoms with Gasteiger partial charge in [0.25, 0.3) is 5.91 Å². The topological polar surface area (TPSA) is 75.7 Å². The van der Waals surface area contributed by atoms with Gasteiger partial charge in [0, 0.05) is 12.1 Å². The van der Waals surface area contributed by atoms with Gasteiger partial charge in [0.1, 0.15) is 11.6 Å². The van der Waals surface area contributed by atoms with Crippen molar-refractivity contribution in [3.8, 4) is 11.5 Å². The van der Waals surface area contributed by atoms with Crippen LogP contribution in [0, 0.1) is 5.82 Å². The van der Waals surface area contributed by atoms with Crippen LogP contribution in [0.1, 0.15) is 21.5 Å². The van der Waals surface area contributed by atoms with Crippen molar-refractivity contribution in [3.05, 3.63) is 126 Å². The molecule has 37 heavy (non-hydrogen) atoms. The van der Waals surface area contributed by atoms with Crippen LogP contribution in [0.3, 0.4) is 0 Å². The lowest BCUT2D eigenvalue weighted by Crippen LogP contribution is -2.29. The maximum Gasteiger partial charge on any atom is 0.251 e. The fourth-order valence-electron chi connectivity index (χ4n) is 3.75. The summed E-state index contributed by atoms with van der Waals surface area (Å²) in [6.45, 7) is 0.479. The smallest absolute Gasteiger partial charge is 0.251 e. The van der Waals surface area contributed by atoms with Crippen molar-refractivity contribution in [2.75, 3.05) is 17.1 Å². The number of carbonyl (C=O) groups is 1. The number of rotatable bonds is 10. The Balaban J connectivity index is 1.45. The van der Waals surface area contributed by atoms with Gasteiger partial charge in [-0.25, -0.2) is 12.8 Å². The highest BCUT2D eigenvalue weighted by molar-refractivity contribution is 7.92. The second kappa shape index (κ2) is 11.7. The van der Waals surface area contributed by atoms with Gasteiger partial charge in [-0.1, -0.05) is 54.6 Å². The second-order valence-electron chi connectivity index (χ2n) is 8.48. The molecule has 0 heterocycles. The third-order valence-corrected chi connectivity index (χ3v) is 6.79. The highest BCUT2D eigenvalue weighted by atomic mass is 32.2. The van der Waals surface area contributed by atoms with E-state index in [1.165, 1.54) is 16.4 Å². The van der Waals surface area contributed by atoms with Crippen molar-refractivity contribution >= 4 is 21.6 Å². The first kappa shape index (κ1) is 25.9. The Bertz CT molecular complexity index is 1440. The molecule has 0 aliphatic carbocycles. The van der Waals surface area contributed by atoms with Gasteiger partial charge in [0.2, 0.25) is 10.0 Å². The summed E-state index contributed by atoms with van der Waals surface area (Å²) in [4.78, 5) is 12.5. The molecule has 4 aromatic rings. The quantitative estimate of drug-likeness (QED) is 0.298. The number of hydrogen-bond donors (Lipinski definition) is 1. The molecule has 0 radical (unpaired) electrons. The summed E-state index contributed by atoms with van der Waals surface area (Å²) >= 11 is 0. The largest absolute Gasteiger partial charge is 0.455 e. The highest BCUT2D eigenvalue weighted by Crippen LogP contribution is 2.34. The molecule has 0 spiro atoms. The molecule has 8 heteroatoms. The number of halogens is 1. The molecule has 0 saturated heterocycles. The molecule has 0 aromatic heterocycles. The molecule has 0 bridgehead atoms. The van der Waals surface area contributed by atoms with Crippen molar-refractivity contribution in [1.82, 2.24) is 5.32 Å². The highest BCUT2D eigenvalue weighted by Gasteiger charge is 2.22. The minimum atomic E-state index is -3.65. The number of para-hydroxylation sites is 3. The Kier molecular flexibility index (Phi) is 8.20. The molecule has 0 unspecified atom stereocenters. The first-order valence-corrected chi connectivity index (χ1v) is 13.6. The SMILES string of the molecule is CS(=O)(=O)N(Cc1ccc(C(=O)NCCc2ccc(F)cc2)cc1)c1ccccc1Oc1ccccc1. The molecule has 0 atom stereocenters. The predicted octanol–water partition coefficient (Wildman–Crippen LogP) is 5.56. The molecule has 1 N–H and O–H groups in total. The number of ether oxygens (including phenoxy) is 1. The lowest BCUT2D eigenvalue weighted by Gasteiger charge is -2.25. The lowest BCUT2D eigenvalue weighted by molar-refractivity contribution is 0.0954. The van der Waals surface area contributed by atoms with E-state index < -0.39 is 10.0 Å². The van der Waals surface area contributed by atoms with Gasteiger partial charge in [-0.2, -0.15) is 0 Å². The maximum atomic E-state index is 13.0. The van der Waals surface area contributed by atoms with Crippen LogP contribution in [0.4, 0.5) is 10.1 Å². The first-order valence-electron chi connectivity index (χ1n) is 11.7. The lowest BCUT2D eigenvalue weighted by atomic mass is 10.1. The molecule has 4 rings (SSSR count).